The predicted octanol–water partition coefficient (Wildman–Crippen LogP) is 3.46. The molecule has 1 fully saturated rings. The van der Waals surface area contributed by atoms with E-state index < -0.39 is 0 Å². The molecule has 94 valence electrons. The summed E-state index contributed by atoms with van der Waals surface area (Å²) in [6, 6.07) is 0.492. The van der Waals surface area contributed by atoms with Crippen molar-refractivity contribution in [2.75, 3.05) is 7.05 Å². The molecule has 0 spiro atoms. The molecule has 0 aliphatic heterocycles. The van der Waals surface area contributed by atoms with Crippen LogP contribution in [0.25, 0.3) is 0 Å². The van der Waals surface area contributed by atoms with Gasteiger partial charge in [0, 0.05) is 19.5 Å². The van der Waals surface area contributed by atoms with E-state index in [1.165, 1.54) is 25.7 Å². The normalized spacial score (nSPS) is 26.6. The van der Waals surface area contributed by atoms with Gasteiger partial charge in [-0.1, -0.05) is 27.7 Å². The quantitative estimate of drug-likeness (QED) is 0.705. The molecule has 1 aliphatic rings. The summed E-state index contributed by atoms with van der Waals surface area (Å²) in [6.45, 7) is 8.69. The smallest absolute Gasteiger partial charge is 0.223 e. The lowest BCUT2D eigenvalue weighted by atomic mass is 9.86. The van der Waals surface area contributed by atoms with Gasteiger partial charge in [0.2, 0.25) is 5.91 Å². The summed E-state index contributed by atoms with van der Waals surface area (Å²) >= 11 is 0. The summed E-state index contributed by atoms with van der Waals surface area (Å²) in [7, 11) is 1.98. The topological polar surface area (TPSA) is 20.3 Å². The lowest BCUT2D eigenvalue weighted by Gasteiger charge is -2.35. The molecule has 0 radical (unpaired) electrons. The van der Waals surface area contributed by atoms with Crippen LogP contribution < -0.4 is 0 Å². The first kappa shape index (κ1) is 13.5. The molecule has 1 rings (SSSR count). The second-order valence-corrected chi connectivity index (χ2v) is 6.66. The van der Waals surface area contributed by atoms with Crippen molar-refractivity contribution >= 4 is 5.91 Å². The number of hydrogen-bond donors (Lipinski definition) is 0. The summed E-state index contributed by atoms with van der Waals surface area (Å²) in [5.74, 6) is 1.16. The molecular weight excluding hydrogens is 198 g/mol. The molecule has 2 nitrogen and oxygen atoms in total. The highest BCUT2D eigenvalue weighted by Crippen LogP contribution is 2.28. The van der Waals surface area contributed by atoms with Gasteiger partial charge in [0.15, 0.2) is 0 Å². The molecule has 0 N–H and O–H groups in total. The molecule has 0 unspecified atom stereocenters. The SMILES string of the molecule is CC1CCC(N(C)C(=O)CC(C)(C)C)CC1. The van der Waals surface area contributed by atoms with Gasteiger partial charge >= 0.3 is 0 Å². The highest BCUT2D eigenvalue weighted by Gasteiger charge is 2.26. The minimum atomic E-state index is 0.104. The van der Waals surface area contributed by atoms with E-state index in [-0.39, 0.29) is 5.41 Å². The molecular formula is C14H27NO. The highest BCUT2D eigenvalue weighted by molar-refractivity contribution is 5.76. The van der Waals surface area contributed by atoms with Crippen molar-refractivity contribution in [3.8, 4) is 0 Å². The largest absolute Gasteiger partial charge is 0.343 e. The van der Waals surface area contributed by atoms with Crippen LogP contribution in [0.4, 0.5) is 0 Å². The Kier molecular flexibility index (Phi) is 4.40. The van der Waals surface area contributed by atoms with Crippen LogP contribution in [0.2, 0.25) is 0 Å². The van der Waals surface area contributed by atoms with E-state index in [9.17, 15) is 4.79 Å². The Morgan fingerprint density at radius 2 is 1.69 bits per heavy atom. The zero-order valence-electron chi connectivity index (χ0n) is 11.5. The van der Waals surface area contributed by atoms with E-state index in [1.54, 1.807) is 0 Å². The minimum absolute atomic E-state index is 0.104. The van der Waals surface area contributed by atoms with E-state index in [0.29, 0.717) is 18.4 Å². The third-order valence-electron chi connectivity index (χ3n) is 3.61. The van der Waals surface area contributed by atoms with Crippen LogP contribution in [0.1, 0.15) is 59.8 Å². The van der Waals surface area contributed by atoms with Crippen molar-refractivity contribution in [3.05, 3.63) is 0 Å². The third-order valence-corrected chi connectivity index (χ3v) is 3.61. The van der Waals surface area contributed by atoms with Crippen LogP contribution in [0.5, 0.6) is 0 Å². The maximum Gasteiger partial charge on any atom is 0.223 e. The summed E-state index contributed by atoms with van der Waals surface area (Å²) in [6.07, 6.45) is 5.59. The average molecular weight is 225 g/mol. The second kappa shape index (κ2) is 5.20. The molecule has 1 amide bonds. The number of carbonyl (C=O) groups excluding carboxylic acids is 1. The lowest BCUT2D eigenvalue weighted by Crippen LogP contribution is -2.40. The summed E-state index contributed by atoms with van der Waals surface area (Å²) in [4.78, 5) is 14.1. The van der Waals surface area contributed by atoms with E-state index in [2.05, 4.69) is 27.7 Å². The standard InChI is InChI=1S/C14H27NO/c1-11-6-8-12(9-7-11)15(5)13(16)10-14(2,3)4/h11-12H,6-10H2,1-5H3. The second-order valence-electron chi connectivity index (χ2n) is 6.66. The van der Waals surface area contributed by atoms with Crippen LogP contribution in [0.15, 0.2) is 0 Å². The summed E-state index contributed by atoms with van der Waals surface area (Å²) < 4.78 is 0. The monoisotopic (exact) mass is 225 g/mol. The first-order chi connectivity index (χ1) is 7.29. The fraction of sp³-hybridized carbons (Fsp3) is 0.929. The number of carbonyl (C=O) groups is 1. The maximum absolute atomic E-state index is 12.1. The van der Waals surface area contributed by atoms with Crippen molar-refractivity contribution in [2.45, 2.75) is 65.8 Å². The van der Waals surface area contributed by atoms with Gasteiger partial charge in [-0.05, 0) is 37.0 Å². The molecule has 0 aromatic heterocycles. The number of rotatable bonds is 2. The van der Waals surface area contributed by atoms with E-state index >= 15 is 0 Å². The predicted molar refractivity (Wildman–Crippen MR) is 68.3 cm³/mol. The van der Waals surface area contributed by atoms with Crippen LogP contribution in [-0.4, -0.2) is 23.9 Å². The lowest BCUT2D eigenvalue weighted by molar-refractivity contribution is -0.134. The van der Waals surface area contributed by atoms with Crippen LogP contribution in [-0.2, 0) is 4.79 Å². The van der Waals surface area contributed by atoms with E-state index in [0.717, 1.165) is 5.92 Å². The first-order valence-electron chi connectivity index (χ1n) is 6.55. The van der Waals surface area contributed by atoms with Crippen molar-refractivity contribution < 1.29 is 4.79 Å². The van der Waals surface area contributed by atoms with Gasteiger partial charge in [0.25, 0.3) is 0 Å². The molecule has 16 heavy (non-hydrogen) atoms. The molecule has 0 aromatic carbocycles. The Morgan fingerprint density at radius 3 is 2.12 bits per heavy atom. The average Bonchev–Trinajstić information content (AvgIpc) is 2.15. The van der Waals surface area contributed by atoms with Gasteiger partial charge in [-0.2, -0.15) is 0 Å². The maximum atomic E-state index is 12.1. The number of amides is 1. The minimum Gasteiger partial charge on any atom is -0.343 e. The van der Waals surface area contributed by atoms with Crippen LogP contribution >= 0.6 is 0 Å². The van der Waals surface area contributed by atoms with Crippen LogP contribution in [0, 0.1) is 11.3 Å². The van der Waals surface area contributed by atoms with Gasteiger partial charge in [-0.25, -0.2) is 0 Å². The fourth-order valence-electron chi connectivity index (χ4n) is 2.41. The Balaban J connectivity index is 2.45. The van der Waals surface area contributed by atoms with Crippen molar-refractivity contribution in [3.63, 3.8) is 0 Å². The molecule has 0 atom stereocenters. The molecule has 1 saturated carbocycles. The van der Waals surface area contributed by atoms with Crippen molar-refractivity contribution in [2.24, 2.45) is 11.3 Å². The van der Waals surface area contributed by atoms with Gasteiger partial charge in [-0.3, -0.25) is 4.79 Å². The van der Waals surface area contributed by atoms with Gasteiger partial charge in [0.05, 0.1) is 0 Å². The number of nitrogens with zero attached hydrogens (tertiary/aromatic N) is 1. The zero-order valence-corrected chi connectivity index (χ0v) is 11.5. The fourth-order valence-corrected chi connectivity index (χ4v) is 2.41. The van der Waals surface area contributed by atoms with E-state index in [4.69, 9.17) is 0 Å². The molecule has 0 heterocycles. The molecule has 2 heteroatoms. The first-order valence-corrected chi connectivity index (χ1v) is 6.55. The Labute approximate surface area is 100 Å². The van der Waals surface area contributed by atoms with Crippen molar-refractivity contribution in [1.29, 1.82) is 0 Å². The molecule has 0 aromatic rings. The van der Waals surface area contributed by atoms with Gasteiger partial charge in [-0.15, -0.1) is 0 Å². The summed E-state index contributed by atoms with van der Waals surface area (Å²) in [5, 5.41) is 0. The molecule has 0 bridgehead atoms. The molecule has 1 aliphatic carbocycles. The third kappa shape index (κ3) is 4.15. The Hall–Kier alpha value is -0.530. The zero-order chi connectivity index (χ0) is 12.3. The van der Waals surface area contributed by atoms with Gasteiger partial charge in [0.1, 0.15) is 0 Å². The van der Waals surface area contributed by atoms with Gasteiger partial charge < -0.3 is 4.90 Å². The Morgan fingerprint density at radius 1 is 1.19 bits per heavy atom. The van der Waals surface area contributed by atoms with Crippen LogP contribution in [0.3, 0.4) is 0 Å². The highest BCUT2D eigenvalue weighted by atomic mass is 16.2. The van der Waals surface area contributed by atoms with E-state index in [1.807, 2.05) is 11.9 Å². The number of hydrogen-bond acceptors (Lipinski definition) is 1. The summed E-state index contributed by atoms with van der Waals surface area (Å²) in [5.41, 5.74) is 0.104. The molecule has 0 saturated heterocycles. The Bertz CT molecular complexity index is 234. The van der Waals surface area contributed by atoms with Crippen molar-refractivity contribution in [1.82, 2.24) is 4.90 Å².